The summed E-state index contributed by atoms with van der Waals surface area (Å²) in [5.74, 6) is 0.197. The van der Waals surface area contributed by atoms with E-state index in [0.29, 0.717) is 5.56 Å². The fourth-order valence-electron chi connectivity index (χ4n) is 3.00. The number of rotatable bonds is 1. The van der Waals surface area contributed by atoms with E-state index < -0.39 is 0 Å². The first-order chi connectivity index (χ1) is 9.57. The van der Waals surface area contributed by atoms with Crippen molar-refractivity contribution >= 4 is 17.1 Å². The Labute approximate surface area is 126 Å². The summed E-state index contributed by atoms with van der Waals surface area (Å²) >= 11 is 0. The van der Waals surface area contributed by atoms with Crippen LogP contribution < -0.4 is 0 Å². The lowest BCUT2D eigenvalue weighted by Gasteiger charge is -2.27. The molecular weight excluding hydrogens is 260 g/mol. The molecule has 0 aromatic heterocycles. The van der Waals surface area contributed by atoms with E-state index in [1.54, 1.807) is 6.07 Å². The van der Waals surface area contributed by atoms with Gasteiger partial charge in [0.1, 0.15) is 5.75 Å². The molecule has 21 heavy (non-hydrogen) atoms. The predicted octanol–water partition coefficient (Wildman–Crippen LogP) is 4.95. The second-order valence-corrected chi connectivity index (χ2v) is 7.71. The van der Waals surface area contributed by atoms with Crippen molar-refractivity contribution in [3.8, 4) is 5.75 Å². The number of carbonyl (C=O) groups excluding carboxylic acids is 1. The van der Waals surface area contributed by atoms with Gasteiger partial charge < -0.3 is 5.11 Å². The summed E-state index contributed by atoms with van der Waals surface area (Å²) in [5.41, 5.74) is 2.11. The standard InChI is InChI=1S/C19H24O2/c1-18(2,3)14-9-7-8-12-10-15(21)17(19(4,5)6)13(11-20)16(12)14/h7-11,21H,1-6H3. The number of phenols is 1. The Balaban J connectivity index is 3.04. The third-order valence-corrected chi connectivity index (χ3v) is 3.86. The highest BCUT2D eigenvalue weighted by Crippen LogP contribution is 2.41. The van der Waals surface area contributed by atoms with Crippen LogP contribution in [0.1, 0.15) is 63.0 Å². The van der Waals surface area contributed by atoms with Gasteiger partial charge in [0.2, 0.25) is 0 Å². The van der Waals surface area contributed by atoms with Gasteiger partial charge in [0.25, 0.3) is 0 Å². The highest BCUT2D eigenvalue weighted by molar-refractivity contribution is 6.03. The number of hydrogen-bond acceptors (Lipinski definition) is 2. The van der Waals surface area contributed by atoms with Crippen LogP contribution in [0.15, 0.2) is 24.3 Å². The Hall–Kier alpha value is -1.83. The maximum atomic E-state index is 11.8. The Bertz CT molecular complexity index is 698. The van der Waals surface area contributed by atoms with Gasteiger partial charge in [-0.1, -0.05) is 59.7 Å². The quantitative estimate of drug-likeness (QED) is 0.752. The second kappa shape index (κ2) is 4.87. The number of benzene rings is 2. The van der Waals surface area contributed by atoms with Crippen LogP contribution in [0.2, 0.25) is 0 Å². The first-order valence-electron chi connectivity index (χ1n) is 7.32. The Morgan fingerprint density at radius 2 is 1.62 bits per heavy atom. The highest BCUT2D eigenvalue weighted by atomic mass is 16.3. The molecule has 0 aliphatic carbocycles. The van der Waals surface area contributed by atoms with Crippen molar-refractivity contribution in [3.63, 3.8) is 0 Å². The number of aldehydes is 1. The van der Waals surface area contributed by atoms with E-state index in [9.17, 15) is 9.90 Å². The molecule has 0 radical (unpaired) electrons. The average Bonchev–Trinajstić information content (AvgIpc) is 2.33. The van der Waals surface area contributed by atoms with E-state index in [0.717, 1.165) is 28.2 Å². The van der Waals surface area contributed by atoms with Crippen molar-refractivity contribution in [2.45, 2.75) is 52.4 Å². The number of hydrogen-bond donors (Lipinski definition) is 1. The number of carbonyl (C=O) groups is 1. The van der Waals surface area contributed by atoms with Crippen molar-refractivity contribution in [1.82, 2.24) is 0 Å². The summed E-state index contributed by atoms with van der Waals surface area (Å²) in [6.45, 7) is 12.5. The molecule has 0 aliphatic rings. The monoisotopic (exact) mass is 284 g/mol. The molecule has 0 unspecified atom stereocenters. The summed E-state index contributed by atoms with van der Waals surface area (Å²) in [4.78, 5) is 11.8. The molecule has 0 heterocycles. The molecule has 0 fully saturated rings. The van der Waals surface area contributed by atoms with Crippen LogP contribution in [0.5, 0.6) is 5.75 Å². The lowest BCUT2D eigenvalue weighted by atomic mass is 9.77. The van der Waals surface area contributed by atoms with Gasteiger partial charge in [0.15, 0.2) is 6.29 Å². The fourth-order valence-corrected chi connectivity index (χ4v) is 3.00. The molecule has 1 N–H and O–H groups in total. The number of phenolic OH excluding ortho intramolecular Hbond substituents is 1. The van der Waals surface area contributed by atoms with Gasteiger partial charge >= 0.3 is 0 Å². The Morgan fingerprint density at radius 3 is 2.10 bits per heavy atom. The third kappa shape index (κ3) is 2.67. The molecule has 0 saturated carbocycles. The van der Waals surface area contributed by atoms with E-state index in [4.69, 9.17) is 0 Å². The molecule has 2 heteroatoms. The first-order valence-corrected chi connectivity index (χ1v) is 7.32. The SMILES string of the molecule is CC(C)(C)c1c(O)cc2cccc(C(C)(C)C)c2c1C=O. The largest absolute Gasteiger partial charge is 0.508 e. The molecule has 0 aliphatic heterocycles. The third-order valence-electron chi connectivity index (χ3n) is 3.86. The van der Waals surface area contributed by atoms with Crippen LogP contribution in [0.4, 0.5) is 0 Å². The minimum Gasteiger partial charge on any atom is -0.508 e. The van der Waals surface area contributed by atoms with Gasteiger partial charge in [-0.15, -0.1) is 0 Å². The van der Waals surface area contributed by atoms with Gasteiger partial charge in [0.05, 0.1) is 0 Å². The van der Waals surface area contributed by atoms with Crippen molar-refractivity contribution < 1.29 is 9.90 Å². The first kappa shape index (κ1) is 15.6. The van der Waals surface area contributed by atoms with Crippen LogP contribution in [-0.4, -0.2) is 11.4 Å². The normalized spacial score (nSPS) is 12.7. The molecular formula is C19H24O2. The van der Waals surface area contributed by atoms with Gasteiger partial charge in [0, 0.05) is 11.1 Å². The zero-order valence-electron chi connectivity index (χ0n) is 13.7. The summed E-state index contributed by atoms with van der Waals surface area (Å²) < 4.78 is 0. The molecule has 2 aromatic carbocycles. The van der Waals surface area contributed by atoms with E-state index in [-0.39, 0.29) is 16.6 Å². The lowest BCUT2D eigenvalue weighted by Crippen LogP contribution is -2.17. The molecule has 0 atom stereocenters. The second-order valence-electron chi connectivity index (χ2n) is 7.71. The molecule has 0 spiro atoms. The molecule has 2 rings (SSSR count). The molecule has 112 valence electrons. The molecule has 2 nitrogen and oxygen atoms in total. The topological polar surface area (TPSA) is 37.3 Å². The van der Waals surface area contributed by atoms with E-state index in [1.165, 1.54) is 0 Å². The minimum atomic E-state index is -0.292. The summed E-state index contributed by atoms with van der Waals surface area (Å²) in [5, 5.41) is 12.3. The van der Waals surface area contributed by atoms with Crippen LogP contribution in [0, 0.1) is 0 Å². The predicted molar refractivity (Wildman–Crippen MR) is 88.4 cm³/mol. The zero-order chi connectivity index (χ0) is 16.0. The molecule has 0 saturated heterocycles. The Kier molecular flexibility index (Phi) is 3.61. The van der Waals surface area contributed by atoms with Crippen molar-refractivity contribution in [1.29, 1.82) is 0 Å². The smallest absolute Gasteiger partial charge is 0.151 e. The summed E-state index contributed by atoms with van der Waals surface area (Å²) in [6.07, 6.45) is 0.887. The summed E-state index contributed by atoms with van der Waals surface area (Å²) in [7, 11) is 0. The lowest BCUT2D eigenvalue weighted by molar-refractivity contribution is 0.112. The van der Waals surface area contributed by atoms with E-state index in [1.807, 2.05) is 32.9 Å². The van der Waals surface area contributed by atoms with Crippen LogP contribution in [0.25, 0.3) is 10.8 Å². The maximum Gasteiger partial charge on any atom is 0.151 e. The van der Waals surface area contributed by atoms with E-state index >= 15 is 0 Å². The van der Waals surface area contributed by atoms with Crippen molar-refractivity contribution in [3.05, 3.63) is 41.0 Å². The zero-order valence-corrected chi connectivity index (χ0v) is 13.7. The molecule has 0 amide bonds. The Morgan fingerprint density at radius 1 is 1.00 bits per heavy atom. The van der Waals surface area contributed by atoms with Gasteiger partial charge in [-0.2, -0.15) is 0 Å². The average molecular weight is 284 g/mol. The number of aromatic hydroxyl groups is 1. The minimum absolute atomic E-state index is 0.0661. The van der Waals surface area contributed by atoms with E-state index in [2.05, 4.69) is 26.8 Å². The number of fused-ring (bicyclic) bond motifs is 1. The molecule has 0 bridgehead atoms. The van der Waals surface area contributed by atoms with Crippen LogP contribution >= 0.6 is 0 Å². The van der Waals surface area contributed by atoms with Crippen LogP contribution in [0.3, 0.4) is 0 Å². The van der Waals surface area contributed by atoms with Crippen molar-refractivity contribution in [2.75, 3.05) is 0 Å². The fraction of sp³-hybridized carbons (Fsp3) is 0.421. The molecule has 2 aromatic rings. The van der Waals surface area contributed by atoms with Gasteiger partial charge in [-0.05, 0) is 33.2 Å². The highest BCUT2D eigenvalue weighted by Gasteiger charge is 2.27. The van der Waals surface area contributed by atoms with Crippen molar-refractivity contribution in [2.24, 2.45) is 0 Å². The van der Waals surface area contributed by atoms with Gasteiger partial charge in [-0.3, -0.25) is 4.79 Å². The van der Waals surface area contributed by atoms with Gasteiger partial charge in [-0.25, -0.2) is 0 Å². The summed E-state index contributed by atoms with van der Waals surface area (Å²) in [6, 6.07) is 7.77. The maximum absolute atomic E-state index is 11.8. The van der Waals surface area contributed by atoms with Crippen LogP contribution in [-0.2, 0) is 10.8 Å².